The van der Waals surface area contributed by atoms with E-state index in [1.165, 1.54) is 36.1 Å². The predicted molar refractivity (Wildman–Crippen MR) is 109 cm³/mol. The minimum absolute atomic E-state index is 0.0321. The number of hydrogen-bond donors (Lipinski definition) is 0. The van der Waals surface area contributed by atoms with Gasteiger partial charge in [-0.3, -0.25) is 14.6 Å². The molecule has 8 nitrogen and oxygen atoms in total. The number of ether oxygens (including phenoxy) is 2. The molecule has 0 saturated carbocycles. The summed E-state index contributed by atoms with van der Waals surface area (Å²) in [7, 11) is 0. The van der Waals surface area contributed by atoms with Crippen molar-refractivity contribution in [1.29, 1.82) is 0 Å². The summed E-state index contributed by atoms with van der Waals surface area (Å²) in [5, 5.41) is 4.11. The average molecular weight is 482 g/mol. The lowest BCUT2D eigenvalue weighted by Crippen LogP contribution is -2.20. The molecule has 1 aromatic carbocycles. The van der Waals surface area contributed by atoms with Crippen LogP contribution in [0, 0.1) is 0 Å². The van der Waals surface area contributed by atoms with Crippen LogP contribution in [0.3, 0.4) is 0 Å². The molecular weight excluding hydrogens is 467 g/mol. The Labute approximate surface area is 189 Å². The molecule has 0 aliphatic carbocycles. The highest BCUT2D eigenvalue weighted by molar-refractivity contribution is 6.38. The topological polar surface area (TPSA) is 100 Å². The fourth-order valence-electron chi connectivity index (χ4n) is 2.82. The Hall–Kier alpha value is -3.73. The van der Waals surface area contributed by atoms with Crippen molar-refractivity contribution in [1.82, 2.24) is 14.8 Å². The van der Waals surface area contributed by atoms with Crippen molar-refractivity contribution in [2.24, 2.45) is 0 Å². The van der Waals surface area contributed by atoms with Crippen molar-refractivity contribution in [3.63, 3.8) is 0 Å². The normalized spacial score (nSPS) is 11.2. The SMILES string of the molecule is CCOC(=O)C(=O)CC(=O)c1cc(-c2cc(Cl)cc(OC(F)(F)F)c2)n(-c2cccnc2)n1. The molecule has 3 rings (SSSR count). The van der Waals surface area contributed by atoms with Crippen LogP contribution in [0.15, 0.2) is 48.8 Å². The highest BCUT2D eigenvalue weighted by Crippen LogP contribution is 2.33. The van der Waals surface area contributed by atoms with Crippen LogP contribution in [0.4, 0.5) is 13.2 Å². The molecule has 2 heterocycles. The molecule has 0 bridgehead atoms. The fourth-order valence-corrected chi connectivity index (χ4v) is 3.05. The molecule has 172 valence electrons. The van der Waals surface area contributed by atoms with Gasteiger partial charge >= 0.3 is 12.3 Å². The maximum absolute atomic E-state index is 12.7. The molecule has 0 amide bonds. The number of alkyl halides is 3. The van der Waals surface area contributed by atoms with Crippen LogP contribution in [-0.2, 0) is 14.3 Å². The first-order chi connectivity index (χ1) is 15.6. The minimum atomic E-state index is -4.94. The molecule has 0 saturated heterocycles. The number of ketones is 2. The van der Waals surface area contributed by atoms with Crippen molar-refractivity contribution in [3.05, 3.63) is 59.5 Å². The molecule has 0 atom stereocenters. The van der Waals surface area contributed by atoms with Gasteiger partial charge in [-0.1, -0.05) is 11.6 Å². The number of benzene rings is 1. The Kier molecular flexibility index (Phi) is 7.12. The Balaban J connectivity index is 2.05. The summed E-state index contributed by atoms with van der Waals surface area (Å²) in [5.74, 6) is -3.57. The van der Waals surface area contributed by atoms with Gasteiger partial charge in [0.2, 0.25) is 5.78 Å². The van der Waals surface area contributed by atoms with Crippen LogP contribution in [0.5, 0.6) is 5.75 Å². The van der Waals surface area contributed by atoms with Crippen LogP contribution in [0.1, 0.15) is 23.8 Å². The summed E-state index contributed by atoms with van der Waals surface area (Å²) in [6.07, 6.45) is -2.84. The second kappa shape index (κ2) is 9.82. The summed E-state index contributed by atoms with van der Waals surface area (Å²) in [5.41, 5.74) is 0.490. The summed E-state index contributed by atoms with van der Waals surface area (Å²) >= 11 is 5.98. The molecule has 12 heteroatoms. The van der Waals surface area contributed by atoms with E-state index in [0.29, 0.717) is 5.69 Å². The van der Waals surface area contributed by atoms with Gasteiger partial charge in [0.25, 0.3) is 0 Å². The third-order valence-electron chi connectivity index (χ3n) is 4.11. The average Bonchev–Trinajstić information content (AvgIpc) is 3.18. The van der Waals surface area contributed by atoms with Gasteiger partial charge in [-0.25, -0.2) is 9.48 Å². The molecule has 0 unspecified atom stereocenters. The molecule has 0 spiro atoms. The number of esters is 1. The number of Topliss-reactive ketones (excluding diaryl/α,β-unsaturated/α-hetero) is 2. The lowest BCUT2D eigenvalue weighted by atomic mass is 10.1. The largest absolute Gasteiger partial charge is 0.573 e. The van der Waals surface area contributed by atoms with E-state index in [9.17, 15) is 27.6 Å². The Morgan fingerprint density at radius 2 is 1.91 bits per heavy atom. The third-order valence-corrected chi connectivity index (χ3v) is 4.33. The molecule has 0 aliphatic rings. The van der Waals surface area contributed by atoms with Crippen LogP contribution in [0.2, 0.25) is 5.02 Å². The first kappa shape index (κ1) is 23.9. The van der Waals surface area contributed by atoms with Crippen LogP contribution >= 0.6 is 11.6 Å². The van der Waals surface area contributed by atoms with Crippen LogP contribution in [0.25, 0.3) is 16.9 Å². The lowest BCUT2D eigenvalue weighted by molar-refractivity contribution is -0.274. The molecule has 2 aromatic heterocycles. The van der Waals surface area contributed by atoms with Crippen molar-refractivity contribution in [2.75, 3.05) is 6.61 Å². The fraction of sp³-hybridized carbons (Fsp3) is 0.190. The van der Waals surface area contributed by atoms with Crippen molar-refractivity contribution in [2.45, 2.75) is 19.7 Å². The summed E-state index contributed by atoms with van der Waals surface area (Å²) in [6, 6.07) is 7.85. The minimum Gasteiger partial charge on any atom is -0.460 e. The molecule has 0 aliphatic heterocycles. The van der Waals surface area contributed by atoms with E-state index in [-0.39, 0.29) is 28.6 Å². The van der Waals surface area contributed by atoms with Gasteiger partial charge in [0.15, 0.2) is 5.78 Å². The van der Waals surface area contributed by atoms with E-state index in [0.717, 1.165) is 12.1 Å². The summed E-state index contributed by atoms with van der Waals surface area (Å²) in [4.78, 5) is 40.0. The number of pyridine rings is 1. The highest BCUT2D eigenvalue weighted by atomic mass is 35.5. The molecule has 0 fully saturated rings. The first-order valence-electron chi connectivity index (χ1n) is 9.37. The van der Waals surface area contributed by atoms with E-state index in [2.05, 4.69) is 19.6 Å². The van der Waals surface area contributed by atoms with E-state index in [1.54, 1.807) is 12.1 Å². The quantitative estimate of drug-likeness (QED) is 0.206. The van der Waals surface area contributed by atoms with Crippen molar-refractivity contribution >= 4 is 29.1 Å². The van der Waals surface area contributed by atoms with Crippen molar-refractivity contribution < 1.29 is 37.0 Å². The Morgan fingerprint density at radius 1 is 1.15 bits per heavy atom. The number of carbonyl (C=O) groups is 3. The van der Waals surface area contributed by atoms with E-state index >= 15 is 0 Å². The smallest absolute Gasteiger partial charge is 0.460 e. The first-order valence-corrected chi connectivity index (χ1v) is 9.75. The zero-order valence-electron chi connectivity index (χ0n) is 16.9. The van der Waals surface area contributed by atoms with Crippen LogP contribution < -0.4 is 4.74 Å². The van der Waals surface area contributed by atoms with Gasteiger partial charge < -0.3 is 9.47 Å². The van der Waals surface area contributed by atoms with E-state index < -0.39 is 36.1 Å². The summed E-state index contributed by atoms with van der Waals surface area (Å²) < 4.78 is 47.9. The van der Waals surface area contributed by atoms with Gasteiger partial charge in [-0.15, -0.1) is 13.2 Å². The maximum Gasteiger partial charge on any atom is 0.573 e. The second-order valence-electron chi connectivity index (χ2n) is 6.50. The number of nitrogens with zero attached hydrogens (tertiary/aromatic N) is 3. The van der Waals surface area contributed by atoms with Gasteiger partial charge in [0, 0.05) is 16.8 Å². The molecule has 33 heavy (non-hydrogen) atoms. The maximum atomic E-state index is 12.7. The Bertz CT molecular complexity index is 1200. The zero-order chi connectivity index (χ0) is 24.2. The number of halogens is 4. The Morgan fingerprint density at radius 3 is 2.55 bits per heavy atom. The zero-order valence-corrected chi connectivity index (χ0v) is 17.7. The van der Waals surface area contributed by atoms with E-state index in [1.807, 2.05) is 0 Å². The molecule has 0 N–H and O–H groups in total. The van der Waals surface area contributed by atoms with Gasteiger partial charge in [0.05, 0.1) is 30.6 Å². The highest BCUT2D eigenvalue weighted by Gasteiger charge is 2.31. The van der Waals surface area contributed by atoms with Gasteiger partial charge in [-0.2, -0.15) is 5.10 Å². The van der Waals surface area contributed by atoms with Crippen LogP contribution in [-0.4, -0.2) is 45.3 Å². The molecule has 3 aromatic rings. The van der Waals surface area contributed by atoms with Gasteiger partial charge in [0.1, 0.15) is 11.4 Å². The number of rotatable bonds is 8. The molecule has 0 radical (unpaired) electrons. The standard InChI is InChI=1S/C21H15ClF3N3O5/c1-2-32-20(31)19(30)10-18(29)16-9-17(28(27-16)14-4-3-5-26-11-14)12-6-13(22)8-15(7-12)33-21(23,24)25/h3-9,11H,2,10H2,1H3. The van der Waals surface area contributed by atoms with Crippen molar-refractivity contribution in [3.8, 4) is 22.7 Å². The summed E-state index contributed by atoms with van der Waals surface area (Å²) in [6.45, 7) is 1.48. The predicted octanol–water partition coefficient (Wildman–Crippen LogP) is 4.19. The monoisotopic (exact) mass is 481 g/mol. The number of aromatic nitrogens is 3. The lowest BCUT2D eigenvalue weighted by Gasteiger charge is -2.12. The van der Waals surface area contributed by atoms with Gasteiger partial charge in [-0.05, 0) is 43.3 Å². The third kappa shape index (κ3) is 6.16. The van der Waals surface area contributed by atoms with E-state index in [4.69, 9.17) is 11.6 Å². The second-order valence-corrected chi connectivity index (χ2v) is 6.94. The number of carbonyl (C=O) groups excluding carboxylic acids is 3. The molecular formula is C21H15ClF3N3O5. The number of hydrogen-bond acceptors (Lipinski definition) is 7.